The van der Waals surface area contributed by atoms with E-state index < -0.39 is 0 Å². The monoisotopic (exact) mass is 346 g/mol. The van der Waals surface area contributed by atoms with E-state index in [-0.39, 0.29) is 18.1 Å². The Labute approximate surface area is 145 Å². The fraction of sp³-hybridized carbons (Fsp3) is 0.353. The second-order valence-corrected chi connectivity index (χ2v) is 6.31. The van der Waals surface area contributed by atoms with Crippen LogP contribution >= 0.6 is 11.3 Å². The topological polar surface area (TPSA) is 77.8 Å². The van der Waals surface area contributed by atoms with Gasteiger partial charge in [-0.25, -0.2) is 10.4 Å². The number of hydrogen-bond donors (Lipinski definition) is 2. The van der Waals surface area contributed by atoms with Crippen LogP contribution in [0.5, 0.6) is 5.75 Å². The number of rotatable bonds is 7. The van der Waals surface area contributed by atoms with Gasteiger partial charge < -0.3 is 10.0 Å². The van der Waals surface area contributed by atoms with Crippen LogP contribution in [-0.4, -0.2) is 35.3 Å². The van der Waals surface area contributed by atoms with E-state index in [1.165, 1.54) is 17.6 Å². The van der Waals surface area contributed by atoms with E-state index in [2.05, 4.69) is 34.3 Å². The van der Waals surface area contributed by atoms with Crippen LogP contribution in [0.25, 0.3) is 0 Å². The van der Waals surface area contributed by atoms with Crippen LogP contribution in [0.15, 0.2) is 28.7 Å². The molecule has 0 fully saturated rings. The van der Waals surface area contributed by atoms with Crippen molar-refractivity contribution in [1.82, 2.24) is 10.4 Å². The van der Waals surface area contributed by atoms with Crippen molar-refractivity contribution >= 4 is 29.1 Å². The van der Waals surface area contributed by atoms with Crippen LogP contribution in [0, 0.1) is 6.92 Å². The van der Waals surface area contributed by atoms with Crippen LogP contribution in [-0.2, 0) is 11.2 Å². The zero-order chi connectivity index (χ0) is 17.5. The highest BCUT2D eigenvalue weighted by Crippen LogP contribution is 2.23. The molecule has 2 N–H and O–H groups in total. The Hall–Kier alpha value is -2.41. The fourth-order valence-electron chi connectivity index (χ4n) is 2.29. The van der Waals surface area contributed by atoms with Crippen LogP contribution in [0.4, 0.5) is 5.69 Å². The van der Waals surface area contributed by atoms with Gasteiger partial charge in [0.1, 0.15) is 5.75 Å². The molecule has 0 spiro atoms. The summed E-state index contributed by atoms with van der Waals surface area (Å²) in [7, 11) is 0. The smallest absolute Gasteiger partial charge is 0.246 e. The van der Waals surface area contributed by atoms with Gasteiger partial charge in [-0.3, -0.25) is 4.79 Å². The van der Waals surface area contributed by atoms with Crippen molar-refractivity contribution < 1.29 is 9.90 Å². The number of aromatic hydroxyl groups is 1. The first-order valence-electron chi connectivity index (χ1n) is 7.84. The predicted molar refractivity (Wildman–Crippen MR) is 98.0 cm³/mol. The lowest BCUT2D eigenvalue weighted by atomic mass is 10.2. The Morgan fingerprint density at radius 3 is 2.75 bits per heavy atom. The Bertz CT molecular complexity index is 723. The number of phenols is 1. The SMILES string of the molecule is CCN(CC)c1ccc(C=NNC(=O)Cc2csc(C)n2)c(O)c1. The summed E-state index contributed by atoms with van der Waals surface area (Å²) >= 11 is 1.51. The first-order chi connectivity index (χ1) is 11.5. The zero-order valence-corrected chi connectivity index (χ0v) is 14.9. The van der Waals surface area contributed by atoms with E-state index in [9.17, 15) is 9.90 Å². The number of nitrogens with one attached hydrogen (secondary N) is 1. The summed E-state index contributed by atoms with van der Waals surface area (Å²) in [6, 6.07) is 5.41. The molecule has 0 aliphatic heterocycles. The van der Waals surface area contributed by atoms with Gasteiger partial charge in [-0.1, -0.05) is 0 Å². The fourth-order valence-corrected chi connectivity index (χ4v) is 2.91. The summed E-state index contributed by atoms with van der Waals surface area (Å²) < 4.78 is 0. The number of carbonyl (C=O) groups excluding carboxylic acids is 1. The molecule has 0 unspecified atom stereocenters. The highest BCUT2D eigenvalue weighted by atomic mass is 32.1. The van der Waals surface area contributed by atoms with E-state index in [0.29, 0.717) is 5.56 Å². The molecule has 0 saturated carbocycles. The molecule has 0 atom stereocenters. The molecule has 6 nitrogen and oxygen atoms in total. The normalized spacial score (nSPS) is 11.0. The molecule has 128 valence electrons. The first-order valence-corrected chi connectivity index (χ1v) is 8.72. The Balaban J connectivity index is 1.95. The van der Waals surface area contributed by atoms with Gasteiger partial charge in [-0.15, -0.1) is 11.3 Å². The second kappa shape index (κ2) is 8.44. The maximum absolute atomic E-state index is 11.8. The Morgan fingerprint density at radius 2 is 2.17 bits per heavy atom. The molecule has 7 heteroatoms. The third-order valence-electron chi connectivity index (χ3n) is 3.54. The third-order valence-corrected chi connectivity index (χ3v) is 4.37. The molecule has 24 heavy (non-hydrogen) atoms. The maximum atomic E-state index is 11.8. The lowest BCUT2D eigenvalue weighted by molar-refractivity contribution is -0.120. The summed E-state index contributed by atoms with van der Waals surface area (Å²) in [5, 5.41) is 16.8. The number of carbonyl (C=O) groups is 1. The lowest BCUT2D eigenvalue weighted by Gasteiger charge is -2.21. The molecule has 0 aliphatic rings. The molecule has 1 aromatic carbocycles. The molecule has 0 saturated heterocycles. The number of phenolic OH excluding ortho intramolecular Hbond substituents is 1. The minimum absolute atomic E-state index is 0.132. The summed E-state index contributed by atoms with van der Waals surface area (Å²) in [4.78, 5) is 18.2. The molecular weight excluding hydrogens is 324 g/mol. The number of hydrogen-bond acceptors (Lipinski definition) is 6. The molecule has 1 aromatic heterocycles. The largest absolute Gasteiger partial charge is 0.507 e. The van der Waals surface area contributed by atoms with Crippen molar-refractivity contribution in [1.29, 1.82) is 0 Å². The van der Waals surface area contributed by atoms with Gasteiger partial charge in [-0.05, 0) is 32.9 Å². The lowest BCUT2D eigenvalue weighted by Crippen LogP contribution is -2.21. The van der Waals surface area contributed by atoms with Crippen molar-refractivity contribution in [3.8, 4) is 5.75 Å². The minimum atomic E-state index is -0.240. The van der Waals surface area contributed by atoms with E-state index >= 15 is 0 Å². The van der Waals surface area contributed by atoms with E-state index in [0.717, 1.165) is 29.5 Å². The molecule has 1 amide bonds. The number of thiazole rings is 1. The number of nitrogens with zero attached hydrogens (tertiary/aromatic N) is 3. The molecule has 2 aromatic rings. The van der Waals surface area contributed by atoms with Crippen LogP contribution in [0.1, 0.15) is 30.1 Å². The van der Waals surface area contributed by atoms with Gasteiger partial charge in [0.25, 0.3) is 0 Å². The van der Waals surface area contributed by atoms with Gasteiger partial charge >= 0.3 is 0 Å². The molecule has 2 rings (SSSR count). The number of aromatic nitrogens is 1. The standard InChI is InChI=1S/C17H22N4O2S/c1-4-21(5-2)15-7-6-13(16(22)9-15)10-18-20-17(23)8-14-11-24-12(3)19-14/h6-7,9-11,22H,4-5,8H2,1-3H3,(H,20,23). The predicted octanol–water partition coefficient (Wildman–Crippen LogP) is 2.70. The van der Waals surface area contributed by atoms with Gasteiger partial charge in [0.05, 0.1) is 23.3 Å². The quantitative estimate of drug-likeness (QED) is 0.597. The second-order valence-electron chi connectivity index (χ2n) is 5.24. The average molecular weight is 346 g/mol. The molecule has 1 heterocycles. The summed E-state index contributed by atoms with van der Waals surface area (Å²) in [5.41, 5.74) is 4.69. The average Bonchev–Trinajstić information content (AvgIpc) is 2.95. The third kappa shape index (κ3) is 4.79. The summed E-state index contributed by atoms with van der Waals surface area (Å²) in [5.74, 6) is -0.108. The highest BCUT2D eigenvalue weighted by molar-refractivity contribution is 7.09. The van der Waals surface area contributed by atoms with Gasteiger partial charge in [-0.2, -0.15) is 5.10 Å². The van der Waals surface area contributed by atoms with Gasteiger partial charge in [0.2, 0.25) is 5.91 Å². The van der Waals surface area contributed by atoms with Gasteiger partial charge in [0.15, 0.2) is 0 Å². The number of benzene rings is 1. The number of amides is 1. The Kier molecular flexibility index (Phi) is 6.31. The number of hydrazone groups is 1. The van der Waals surface area contributed by atoms with Crippen LogP contribution < -0.4 is 10.3 Å². The molecule has 0 aliphatic carbocycles. The zero-order valence-electron chi connectivity index (χ0n) is 14.1. The van der Waals surface area contributed by atoms with Crippen LogP contribution in [0.2, 0.25) is 0 Å². The maximum Gasteiger partial charge on any atom is 0.246 e. The highest BCUT2D eigenvalue weighted by Gasteiger charge is 2.07. The number of aryl methyl sites for hydroxylation is 1. The van der Waals surface area contributed by atoms with E-state index in [4.69, 9.17) is 0 Å². The molecular formula is C17H22N4O2S. The molecule has 0 bridgehead atoms. The van der Waals surface area contributed by atoms with Gasteiger partial charge in [0, 0.05) is 35.8 Å². The van der Waals surface area contributed by atoms with E-state index in [1.807, 2.05) is 18.4 Å². The van der Waals surface area contributed by atoms with Crippen molar-refractivity contribution in [2.75, 3.05) is 18.0 Å². The van der Waals surface area contributed by atoms with Crippen molar-refractivity contribution in [3.05, 3.63) is 39.8 Å². The van der Waals surface area contributed by atoms with Crippen molar-refractivity contribution in [2.24, 2.45) is 5.10 Å². The van der Waals surface area contributed by atoms with Crippen LogP contribution in [0.3, 0.4) is 0 Å². The summed E-state index contributed by atoms with van der Waals surface area (Å²) in [6.45, 7) is 7.77. The first kappa shape index (κ1) is 17.9. The van der Waals surface area contributed by atoms with E-state index in [1.54, 1.807) is 12.1 Å². The van der Waals surface area contributed by atoms with Crippen molar-refractivity contribution in [2.45, 2.75) is 27.2 Å². The minimum Gasteiger partial charge on any atom is -0.507 e. The number of anilines is 1. The molecule has 0 radical (unpaired) electrons. The summed E-state index contributed by atoms with van der Waals surface area (Å²) in [6.07, 6.45) is 1.63. The Morgan fingerprint density at radius 1 is 1.42 bits per heavy atom. The van der Waals surface area contributed by atoms with Crippen molar-refractivity contribution in [3.63, 3.8) is 0 Å².